The van der Waals surface area contributed by atoms with Crippen molar-refractivity contribution >= 4 is 33.2 Å². The molecule has 4 atom stereocenters. The SMILES string of the molecule is O=c1cc(N2CC3CCC(C2)O3)nc2n1CC[C@@H](C(F)(F)F)N2C[C@@H](O)c1cc2ccccc2s1. The van der Waals surface area contributed by atoms with E-state index >= 15 is 0 Å². The van der Waals surface area contributed by atoms with Crippen LogP contribution in [0.4, 0.5) is 24.9 Å². The summed E-state index contributed by atoms with van der Waals surface area (Å²) in [5.74, 6) is 0.325. The van der Waals surface area contributed by atoms with Gasteiger partial charge in [0.05, 0.1) is 18.8 Å². The minimum absolute atomic E-state index is 0.0416. The molecule has 35 heavy (non-hydrogen) atoms. The van der Waals surface area contributed by atoms with Crippen molar-refractivity contribution in [2.75, 3.05) is 29.4 Å². The van der Waals surface area contributed by atoms with Crippen LogP contribution in [0.1, 0.15) is 30.2 Å². The van der Waals surface area contributed by atoms with Gasteiger partial charge in [0, 0.05) is 35.3 Å². The molecule has 0 aliphatic carbocycles. The number of ether oxygens (including phenoxy) is 1. The van der Waals surface area contributed by atoms with E-state index in [9.17, 15) is 23.1 Å². The summed E-state index contributed by atoms with van der Waals surface area (Å²) >= 11 is 1.35. The highest BCUT2D eigenvalue weighted by atomic mass is 32.1. The molecule has 3 aliphatic rings. The number of morpholine rings is 1. The molecule has 0 radical (unpaired) electrons. The second-order valence-corrected chi connectivity index (χ2v) is 10.6. The highest BCUT2D eigenvalue weighted by Crippen LogP contribution is 2.38. The minimum atomic E-state index is -4.53. The average molecular weight is 507 g/mol. The van der Waals surface area contributed by atoms with Gasteiger partial charge in [-0.2, -0.15) is 18.2 Å². The van der Waals surface area contributed by atoms with Crippen LogP contribution in [0.2, 0.25) is 0 Å². The monoisotopic (exact) mass is 506 g/mol. The van der Waals surface area contributed by atoms with E-state index in [1.807, 2.05) is 29.2 Å². The molecule has 7 nitrogen and oxygen atoms in total. The molecule has 2 bridgehead atoms. The highest BCUT2D eigenvalue weighted by Gasteiger charge is 2.47. The summed E-state index contributed by atoms with van der Waals surface area (Å²) in [7, 11) is 0. The van der Waals surface area contributed by atoms with E-state index in [0.29, 0.717) is 23.8 Å². The number of aliphatic hydroxyl groups excluding tert-OH is 1. The van der Waals surface area contributed by atoms with E-state index in [2.05, 4.69) is 4.98 Å². The number of aliphatic hydroxyl groups is 1. The Morgan fingerprint density at radius 1 is 1.14 bits per heavy atom. The van der Waals surface area contributed by atoms with Gasteiger partial charge in [-0.25, -0.2) is 0 Å². The van der Waals surface area contributed by atoms with Crippen molar-refractivity contribution in [3.05, 3.63) is 51.6 Å². The molecule has 2 fully saturated rings. The van der Waals surface area contributed by atoms with E-state index in [1.54, 1.807) is 6.07 Å². The van der Waals surface area contributed by atoms with Crippen molar-refractivity contribution in [1.29, 1.82) is 0 Å². The van der Waals surface area contributed by atoms with Crippen molar-refractivity contribution in [3.63, 3.8) is 0 Å². The number of hydrogen-bond donors (Lipinski definition) is 1. The number of anilines is 2. The Hall–Kier alpha value is -2.63. The predicted molar refractivity (Wildman–Crippen MR) is 127 cm³/mol. The predicted octanol–water partition coefficient (Wildman–Crippen LogP) is 3.70. The first kappa shape index (κ1) is 22.8. The standard InChI is InChI=1S/C24H25F3N4O3S/c25-24(26,27)20-7-8-30-22(33)10-21(29-11-15-5-6-16(12-29)34-15)28-23(30)31(20)13-17(32)19-9-14-3-1-2-4-18(14)35-19/h1-4,9-10,15-17,20,32H,5-8,11-13H2/t15?,16?,17-,20+/m1/s1. The van der Waals surface area contributed by atoms with Gasteiger partial charge in [0.25, 0.3) is 5.56 Å². The molecular formula is C24H25F3N4O3S. The summed E-state index contributed by atoms with van der Waals surface area (Å²) in [5.41, 5.74) is -0.384. The molecule has 186 valence electrons. The number of fused-ring (bicyclic) bond motifs is 4. The smallest absolute Gasteiger partial charge is 0.386 e. The summed E-state index contributed by atoms with van der Waals surface area (Å²) in [6.07, 6.45) is -4.03. The lowest BCUT2D eigenvalue weighted by atomic mass is 10.1. The van der Waals surface area contributed by atoms with Crippen LogP contribution in [0.3, 0.4) is 0 Å². The van der Waals surface area contributed by atoms with Crippen LogP contribution < -0.4 is 15.4 Å². The van der Waals surface area contributed by atoms with E-state index in [4.69, 9.17) is 4.74 Å². The number of hydrogen-bond acceptors (Lipinski definition) is 7. The summed E-state index contributed by atoms with van der Waals surface area (Å²) in [6.45, 7) is 0.718. The molecule has 0 amide bonds. The zero-order valence-corrected chi connectivity index (χ0v) is 19.6. The van der Waals surface area contributed by atoms with Crippen molar-refractivity contribution < 1.29 is 23.0 Å². The minimum Gasteiger partial charge on any atom is -0.386 e. The fourth-order valence-electron chi connectivity index (χ4n) is 5.41. The van der Waals surface area contributed by atoms with Crippen LogP contribution in [0.15, 0.2) is 41.2 Å². The van der Waals surface area contributed by atoms with Gasteiger partial charge in [0.1, 0.15) is 18.0 Å². The van der Waals surface area contributed by atoms with Crippen LogP contribution in [0.5, 0.6) is 0 Å². The topological polar surface area (TPSA) is 70.8 Å². The number of nitrogens with zero attached hydrogens (tertiary/aromatic N) is 4. The van der Waals surface area contributed by atoms with Gasteiger partial charge in [-0.15, -0.1) is 11.3 Å². The second kappa shape index (κ2) is 8.49. The first-order valence-corrected chi connectivity index (χ1v) is 12.6. The Bertz CT molecular complexity index is 1260. The van der Waals surface area contributed by atoms with E-state index < -0.39 is 18.3 Å². The summed E-state index contributed by atoms with van der Waals surface area (Å²) < 4.78 is 50.4. The number of alkyl halides is 3. The lowest BCUT2D eigenvalue weighted by Crippen LogP contribution is -2.54. The summed E-state index contributed by atoms with van der Waals surface area (Å²) in [5, 5.41) is 11.9. The number of thiophene rings is 1. The maximum atomic E-state index is 14.1. The molecule has 1 aromatic carbocycles. The van der Waals surface area contributed by atoms with Gasteiger partial charge in [-0.1, -0.05) is 18.2 Å². The Morgan fingerprint density at radius 2 is 1.89 bits per heavy atom. The van der Waals surface area contributed by atoms with Crippen LogP contribution in [0.25, 0.3) is 10.1 Å². The third kappa shape index (κ3) is 4.19. The molecule has 5 heterocycles. The van der Waals surface area contributed by atoms with Crippen LogP contribution >= 0.6 is 11.3 Å². The quantitative estimate of drug-likeness (QED) is 0.582. The van der Waals surface area contributed by atoms with Gasteiger partial charge in [0.15, 0.2) is 0 Å². The van der Waals surface area contributed by atoms with Crippen molar-refractivity contribution in [1.82, 2.24) is 9.55 Å². The Morgan fingerprint density at radius 3 is 2.60 bits per heavy atom. The molecule has 1 N–H and O–H groups in total. The van der Waals surface area contributed by atoms with Crippen LogP contribution in [-0.4, -0.2) is 58.7 Å². The highest BCUT2D eigenvalue weighted by molar-refractivity contribution is 7.19. The number of halogens is 3. The Balaban J connectivity index is 1.37. The van der Waals surface area contributed by atoms with E-state index in [0.717, 1.165) is 27.8 Å². The Kier molecular flexibility index (Phi) is 5.53. The van der Waals surface area contributed by atoms with Crippen molar-refractivity contribution in [3.8, 4) is 0 Å². The lowest BCUT2D eigenvalue weighted by molar-refractivity contribution is -0.153. The molecule has 2 saturated heterocycles. The molecule has 2 unspecified atom stereocenters. The summed E-state index contributed by atoms with van der Waals surface area (Å²) in [4.78, 5) is 21.1. The number of benzene rings is 1. The number of aromatic nitrogens is 2. The third-order valence-corrected chi connectivity index (χ3v) is 8.34. The van der Waals surface area contributed by atoms with Crippen molar-refractivity contribution in [2.45, 2.75) is 56.3 Å². The van der Waals surface area contributed by atoms with E-state index in [-0.39, 0.29) is 43.2 Å². The summed E-state index contributed by atoms with van der Waals surface area (Å²) in [6, 6.07) is 8.94. The molecule has 6 rings (SSSR count). The zero-order valence-electron chi connectivity index (χ0n) is 18.8. The molecule has 0 spiro atoms. The molecule has 0 saturated carbocycles. The second-order valence-electron chi connectivity index (χ2n) is 9.47. The number of β-amino-alcohol motifs (C(OH)–C–C–N with tert-alkyl or cyclic N) is 1. The normalized spacial score (nSPS) is 25.2. The molecule has 2 aromatic heterocycles. The average Bonchev–Trinajstić information content (AvgIpc) is 3.41. The largest absolute Gasteiger partial charge is 0.408 e. The number of rotatable bonds is 4. The molecule has 11 heteroatoms. The van der Waals surface area contributed by atoms with Crippen molar-refractivity contribution in [2.24, 2.45) is 0 Å². The van der Waals surface area contributed by atoms with Gasteiger partial charge in [-0.05, 0) is 36.8 Å². The van der Waals surface area contributed by atoms with Gasteiger partial charge in [0.2, 0.25) is 5.95 Å². The zero-order chi connectivity index (χ0) is 24.3. The molecule has 3 aliphatic heterocycles. The maximum absolute atomic E-state index is 14.1. The maximum Gasteiger partial charge on any atom is 0.408 e. The van der Waals surface area contributed by atoms with Gasteiger partial charge < -0.3 is 19.6 Å². The first-order chi connectivity index (χ1) is 16.8. The van der Waals surface area contributed by atoms with E-state index in [1.165, 1.54) is 22.0 Å². The lowest BCUT2D eigenvalue weighted by Gasteiger charge is -2.40. The third-order valence-electron chi connectivity index (χ3n) is 7.12. The van der Waals surface area contributed by atoms with Gasteiger partial charge >= 0.3 is 6.18 Å². The fraction of sp³-hybridized carbons (Fsp3) is 0.500. The first-order valence-electron chi connectivity index (χ1n) is 11.8. The van der Waals surface area contributed by atoms with Crippen LogP contribution in [-0.2, 0) is 11.3 Å². The molecule has 3 aromatic rings. The Labute approximate surface area is 203 Å². The fourth-order valence-corrected chi connectivity index (χ4v) is 6.46. The van der Waals surface area contributed by atoms with Gasteiger partial charge in [-0.3, -0.25) is 9.36 Å². The van der Waals surface area contributed by atoms with Crippen LogP contribution in [0, 0.1) is 0 Å². The molecular weight excluding hydrogens is 481 g/mol.